The van der Waals surface area contributed by atoms with Gasteiger partial charge in [0.25, 0.3) is 0 Å². The zero-order valence-electron chi connectivity index (χ0n) is 14.3. The number of methoxy groups -OCH3 is 1. The SMILES string of the molecule is COc1cccc(OCCNC(=O)C(NC(C)=O)C2CCCC2)c1. The van der Waals surface area contributed by atoms with Crippen LogP contribution in [0, 0.1) is 5.92 Å². The molecule has 1 aromatic carbocycles. The fourth-order valence-electron chi connectivity index (χ4n) is 3.05. The second-order valence-electron chi connectivity index (χ2n) is 6.04. The Morgan fingerprint density at radius 2 is 1.96 bits per heavy atom. The maximum atomic E-state index is 12.4. The van der Waals surface area contributed by atoms with Crippen molar-refractivity contribution in [1.82, 2.24) is 10.6 Å². The molecular formula is C18H26N2O4. The maximum absolute atomic E-state index is 12.4. The lowest BCUT2D eigenvalue weighted by Crippen LogP contribution is -2.50. The van der Waals surface area contributed by atoms with Crippen LogP contribution in [0.2, 0.25) is 0 Å². The van der Waals surface area contributed by atoms with Crippen LogP contribution in [0.25, 0.3) is 0 Å². The minimum absolute atomic E-state index is 0.133. The second-order valence-corrected chi connectivity index (χ2v) is 6.04. The largest absolute Gasteiger partial charge is 0.497 e. The van der Waals surface area contributed by atoms with Crippen molar-refractivity contribution in [3.63, 3.8) is 0 Å². The van der Waals surface area contributed by atoms with Crippen molar-refractivity contribution in [2.75, 3.05) is 20.3 Å². The molecule has 6 nitrogen and oxygen atoms in total. The molecule has 0 heterocycles. The molecule has 1 aromatic rings. The van der Waals surface area contributed by atoms with E-state index in [9.17, 15) is 9.59 Å². The first-order chi connectivity index (χ1) is 11.6. The molecule has 0 saturated heterocycles. The van der Waals surface area contributed by atoms with Crippen LogP contribution in [0.5, 0.6) is 11.5 Å². The van der Waals surface area contributed by atoms with E-state index in [-0.39, 0.29) is 17.7 Å². The molecular weight excluding hydrogens is 308 g/mol. The lowest BCUT2D eigenvalue weighted by atomic mass is 9.97. The molecule has 2 amide bonds. The molecule has 1 aliphatic carbocycles. The third-order valence-corrected chi connectivity index (χ3v) is 4.22. The van der Waals surface area contributed by atoms with Crippen molar-refractivity contribution in [2.24, 2.45) is 5.92 Å². The van der Waals surface area contributed by atoms with Gasteiger partial charge in [0.05, 0.1) is 13.7 Å². The van der Waals surface area contributed by atoms with E-state index < -0.39 is 6.04 Å². The number of carbonyl (C=O) groups is 2. The highest BCUT2D eigenvalue weighted by molar-refractivity contribution is 5.87. The van der Waals surface area contributed by atoms with Gasteiger partial charge in [-0.05, 0) is 30.9 Å². The highest BCUT2D eigenvalue weighted by Gasteiger charge is 2.30. The van der Waals surface area contributed by atoms with Crippen LogP contribution in [-0.4, -0.2) is 38.1 Å². The predicted molar refractivity (Wildman–Crippen MR) is 91.1 cm³/mol. The second kappa shape index (κ2) is 9.15. The van der Waals surface area contributed by atoms with E-state index in [2.05, 4.69) is 10.6 Å². The molecule has 1 aliphatic rings. The standard InChI is InChI=1S/C18H26N2O4/c1-13(21)20-17(14-6-3-4-7-14)18(22)19-10-11-24-16-9-5-8-15(12-16)23-2/h5,8-9,12,14,17H,3-4,6-7,10-11H2,1-2H3,(H,19,22)(H,20,21). The van der Waals surface area contributed by atoms with Crippen LogP contribution in [-0.2, 0) is 9.59 Å². The number of hydrogen-bond donors (Lipinski definition) is 2. The topological polar surface area (TPSA) is 76.7 Å². The molecule has 1 saturated carbocycles. The summed E-state index contributed by atoms with van der Waals surface area (Å²) in [5, 5.41) is 5.64. The van der Waals surface area contributed by atoms with Gasteiger partial charge < -0.3 is 20.1 Å². The average Bonchev–Trinajstić information content (AvgIpc) is 3.10. The number of ether oxygens (including phenoxy) is 2. The van der Waals surface area contributed by atoms with E-state index in [1.165, 1.54) is 6.92 Å². The van der Waals surface area contributed by atoms with Gasteiger partial charge in [-0.3, -0.25) is 9.59 Å². The Hall–Kier alpha value is -2.24. The van der Waals surface area contributed by atoms with Crippen LogP contribution in [0.4, 0.5) is 0 Å². The van der Waals surface area contributed by atoms with E-state index in [1.807, 2.05) is 18.2 Å². The van der Waals surface area contributed by atoms with E-state index in [1.54, 1.807) is 13.2 Å². The maximum Gasteiger partial charge on any atom is 0.242 e. The van der Waals surface area contributed by atoms with Gasteiger partial charge >= 0.3 is 0 Å². The van der Waals surface area contributed by atoms with Crippen molar-refractivity contribution >= 4 is 11.8 Å². The molecule has 0 aromatic heterocycles. The van der Waals surface area contributed by atoms with Gasteiger partial charge in [0.2, 0.25) is 11.8 Å². The lowest BCUT2D eigenvalue weighted by molar-refractivity contribution is -0.129. The summed E-state index contributed by atoms with van der Waals surface area (Å²) in [6.45, 7) is 2.19. The zero-order valence-corrected chi connectivity index (χ0v) is 14.3. The molecule has 2 rings (SSSR count). The van der Waals surface area contributed by atoms with Gasteiger partial charge in [0.1, 0.15) is 24.1 Å². The molecule has 1 unspecified atom stereocenters. The summed E-state index contributed by atoms with van der Waals surface area (Å²) < 4.78 is 10.7. The number of rotatable bonds is 8. The van der Waals surface area contributed by atoms with Crippen LogP contribution in [0.1, 0.15) is 32.6 Å². The smallest absolute Gasteiger partial charge is 0.242 e. The van der Waals surface area contributed by atoms with E-state index in [4.69, 9.17) is 9.47 Å². The number of benzene rings is 1. The first kappa shape index (κ1) is 18.1. The third kappa shape index (κ3) is 5.44. The number of nitrogens with one attached hydrogen (secondary N) is 2. The van der Waals surface area contributed by atoms with Crippen LogP contribution in [0.15, 0.2) is 24.3 Å². The van der Waals surface area contributed by atoms with E-state index in [0.29, 0.717) is 18.9 Å². The number of amides is 2. The Labute approximate surface area is 142 Å². The molecule has 1 atom stereocenters. The number of carbonyl (C=O) groups excluding carboxylic acids is 2. The molecule has 24 heavy (non-hydrogen) atoms. The molecule has 0 aliphatic heterocycles. The predicted octanol–water partition coefficient (Wildman–Crippen LogP) is 1.89. The lowest BCUT2D eigenvalue weighted by Gasteiger charge is -2.23. The summed E-state index contributed by atoms with van der Waals surface area (Å²) in [6.07, 6.45) is 4.21. The van der Waals surface area contributed by atoms with Crippen LogP contribution in [0.3, 0.4) is 0 Å². The van der Waals surface area contributed by atoms with Crippen molar-refractivity contribution in [2.45, 2.75) is 38.6 Å². The van der Waals surface area contributed by atoms with Gasteiger partial charge in [0.15, 0.2) is 0 Å². The Morgan fingerprint density at radius 1 is 1.25 bits per heavy atom. The normalized spacial score (nSPS) is 15.6. The zero-order chi connectivity index (χ0) is 17.4. The Balaban J connectivity index is 1.78. The molecule has 0 radical (unpaired) electrons. The van der Waals surface area contributed by atoms with Crippen molar-refractivity contribution < 1.29 is 19.1 Å². The summed E-state index contributed by atoms with van der Waals surface area (Å²) in [7, 11) is 1.60. The molecule has 1 fully saturated rings. The van der Waals surface area contributed by atoms with Crippen molar-refractivity contribution in [1.29, 1.82) is 0 Å². The minimum Gasteiger partial charge on any atom is -0.497 e. The molecule has 132 valence electrons. The van der Waals surface area contributed by atoms with E-state index in [0.717, 1.165) is 31.4 Å². The minimum atomic E-state index is -0.443. The monoisotopic (exact) mass is 334 g/mol. The van der Waals surface area contributed by atoms with Crippen LogP contribution < -0.4 is 20.1 Å². The van der Waals surface area contributed by atoms with Gasteiger partial charge in [-0.15, -0.1) is 0 Å². The van der Waals surface area contributed by atoms with Gasteiger partial charge in [-0.1, -0.05) is 18.9 Å². The summed E-state index contributed by atoms with van der Waals surface area (Å²) in [4.78, 5) is 23.7. The van der Waals surface area contributed by atoms with Gasteiger partial charge in [0, 0.05) is 13.0 Å². The Kier molecular flexibility index (Phi) is 6.90. The summed E-state index contributed by atoms with van der Waals surface area (Å²) in [6, 6.07) is 6.87. The van der Waals surface area contributed by atoms with Gasteiger partial charge in [-0.25, -0.2) is 0 Å². The summed E-state index contributed by atoms with van der Waals surface area (Å²) >= 11 is 0. The fraction of sp³-hybridized carbons (Fsp3) is 0.556. The molecule has 0 bridgehead atoms. The van der Waals surface area contributed by atoms with Crippen molar-refractivity contribution in [3.8, 4) is 11.5 Å². The van der Waals surface area contributed by atoms with Gasteiger partial charge in [-0.2, -0.15) is 0 Å². The van der Waals surface area contributed by atoms with Crippen LogP contribution >= 0.6 is 0 Å². The molecule has 0 spiro atoms. The Morgan fingerprint density at radius 3 is 2.62 bits per heavy atom. The number of hydrogen-bond acceptors (Lipinski definition) is 4. The highest BCUT2D eigenvalue weighted by atomic mass is 16.5. The Bertz CT molecular complexity index is 556. The third-order valence-electron chi connectivity index (χ3n) is 4.22. The molecule has 6 heteroatoms. The highest BCUT2D eigenvalue weighted by Crippen LogP contribution is 2.27. The first-order valence-corrected chi connectivity index (χ1v) is 8.42. The van der Waals surface area contributed by atoms with Crippen molar-refractivity contribution in [3.05, 3.63) is 24.3 Å². The average molecular weight is 334 g/mol. The van der Waals surface area contributed by atoms with E-state index >= 15 is 0 Å². The quantitative estimate of drug-likeness (QED) is 0.712. The fourth-order valence-corrected chi connectivity index (χ4v) is 3.05. The summed E-state index contributed by atoms with van der Waals surface area (Å²) in [5.74, 6) is 1.34. The first-order valence-electron chi connectivity index (χ1n) is 8.42. The summed E-state index contributed by atoms with van der Waals surface area (Å²) in [5.41, 5.74) is 0. The molecule has 2 N–H and O–H groups in total.